The molecule has 0 bridgehead atoms. The van der Waals surface area contributed by atoms with E-state index in [0.717, 1.165) is 11.3 Å². The van der Waals surface area contributed by atoms with Gasteiger partial charge in [0.25, 0.3) is 5.91 Å². The smallest absolute Gasteiger partial charge is 0.253 e. The van der Waals surface area contributed by atoms with E-state index in [4.69, 9.17) is 9.47 Å². The lowest BCUT2D eigenvalue weighted by Gasteiger charge is -2.14. The molecular weight excluding hydrogens is 370 g/mol. The first-order valence-electron chi connectivity index (χ1n) is 8.96. The molecule has 0 spiro atoms. The van der Waals surface area contributed by atoms with Crippen molar-refractivity contribution in [2.24, 2.45) is 0 Å². The number of hydrogen-bond donors (Lipinski definition) is 3. The van der Waals surface area contributed by atoms with Gasteiger partial charge in [0.2, 0.25) is 5.95 Å². The Labute approximate surface area is 169 Å². The van der Waals surface area contributed by atoms with Crippen molar-refractivity contribution < 1.29 is 14.3 Å². The number of aryl methyl sites for hydroxylation is 1. The molecule has 0 unspecified atom stereocenters. The van der Waals surface area contributed by atoms with Crippen LogP contribution >= 0.6 is 0 Å². The summed E-state index contributed by atoms with van der Waals surface area (Å²) in [6, 6.07) is 12.7. The van der Waals surface area contributed by atoms with Gasteiger partial charge in [-0.25, -0.2) is 4.98 Å². The van der Waals surface area contributed by atoms with Gasteiger partial charge >= 0.3 is 0 Å². The molecule has 0 fully saturated rings. The average Bonchev–Trinajstić information content (AvgIpc) is 2.73. The van der Waals surface area contributed by atoms with Crippen LogP contribution in [-0.2, 0) is 0 Å². The SMILES string of the molecule is CNC(=O)c1ccccc1Nc1ccnc(Nc2cc(C)c(OC)c(OC)c2)n1. The van der Waals surface area contributed by atoms with Gasteiger partial charge in [0.15, 0.2) is 11.5 Å². The van der Waals surface area contributed by atoms with Crippen molar-refractivity contribution >= 4 is 29.0 Å². The monoisotopic (exact) mass is 393 g/mol. The van der Waals surface area contributed by atoms with Crippen LogP contribution in [0.5, 0.6) is 11.5 Å². The highest BCUT2D eigenvalue weighted by atomic mass is 16.5. The number of nitrogens with one attached hydrogen (secondary N) is 3. The van der Waals surface area contributed by atoms with Crippen molar-refractivity contribution in [3.05, 3.63) is 59.8 Å². The van der Waals surface area contributed by atoms with Gasteiger partial charge in [0.05, 0.1) is 25.5 Å². The van der Waals surface area contributed by atoms with E-state index in [1.54, 1.807) is 39.6 Å². The molecule has 0 saturated heterocycles. The Hall–Kier alpha value is -3.81. The van der Waals surface area contributed by atoms with Crippen LogP contribution in [0.2, 0.25) is 0 Å². The van der Waals surface area contributed by atoms with Gasteiger partial charge < -0.3 is 25.4 Å². The zero-order chi connectivity index (χ0) is 20.8. The van der Waals surface area contributed by atoms with Crippen LogP contribution in [0.3, 0.4) is 0 Å². The predicted octanol–water partition coefficient (Wildman–Crippen LogP) is 3.65. The van der Waals surface area contributed by atoms with E-state index in [9.17, 15) is 4.79 Å². The van der Waals surface area contributed by atoms with E-state index in [2.05, 4.69) is 25.9 Å². The molecule has 3 aromatic rings. The molecule has 1 amide bonds. The van der Waals surface area contributed by atoms with Gasteiger partial charge in [-0.15, -0.1) is 0 Å². The van der Waals surface area contributed by atoms with E-state index in [0.29, 0.717) is 34.5 Å². The third kappa shape index (κ3) is 4.55. The lowest BCUT2D eigenvalue weighted by molar-refractivity contribution is 0.0964. The molecule has 0 aliphatic rings. The summed E-state index contributed by atoms with van der Waals surface area (Å²) in [4.78, 5) is 20.8. The third-order valence-electron chi connectivity index (χ3n) is 4.24. The highest BCUT2D eigenvalue weighted by Gasteiger charge is 2.12. The van der Waals surface area contributed by atoms with Crippen molar-refractivity contribution in [1.29, 1.82) is 0 Å². The highest BCUT2D eigenvalue weighted by Crippen LogP contribution is 2.34. The van der Waals surface area contributed by atoms with Crippen LogP contribution in [0.4, 0.5) is 23.1 Å². The van der Waals surface area contributed by atoms with Crippen LogP contribution in [0.25, 0.3) is 0 Å². The largest absolute Gasteiger partial charge is 0.493 e. The molecule has 150 valence electrons. The van der Waals surface area contributed by atoms with Gasteiger partial charge in [-0.2, -0.15) is 4.98 Å². The normalized spacial score (nSPS) is 10.2. The lowest BCUT2D eigenvalue weighted by Crippen LogP contribution is -2.19. The number of anilines is 4. The maximum Gasteiger partial charge on any atom is 0.253 e. The number of benzene rings is 2. The van der Waals surface area contributed by atoms with E-state index in [1.807, 2.05) is 37.3 Å². The Balaban J connectivity index is 1.85. The summed E-state index contributed by atoms with van der Waals surface area (Å²) in [5, 5.41) is 8.97. The second kappa shape index (κ2) is 8.92. The standard InChI is InChI=1S/C21H23N5O3/c1-13-11-14(12-17(28-3)19(13)29-4)24-21-23-10-9-18(26-21)25-16-8-6-5-7-15(16)20(27)22-2/h5-12H,1-4H3,(H,22,27)(H2,23,24,25,26). The average molecular weight is 393 g/mol. The van der Waals surface area contributed by atoms with Gasteiger partial charge in [-0.3, -0.25) is 4.79 Å². The van der Waals surface area contributed by atoms with E-state index in [-0.39, 0.29) is 5.91 Å². The number of methoxy groups -OCH3 is 2. The molecule has 3 N–H and O–H groups in total. The summed E-state index contributed by atoms with van der Waals surface area (Å²) in [7, 11) is 4.79. The van der Waals surface area contributed by atoms with Crippen molar-refractivity contribution in [2.75, 3.05) is 31.9 Å². The predicted molar refractivity (Wildman–Crippen MR) is 113 cm³/mol. The van der Waals surface area contributed by atoms with E-state index >= 15 is 0 Å². The fraction of sp³-hybridized carbons (Fsp3) is 0.190. The number of aromatic nitrogens is 2. The minimum atomic E-state index is -0.179. The Morgan fingerprint density at radius 1 is 1.03 bits per heavy atom. The number of carbonyl (C=O) groups excluding carboxylic acids is 1. The Morgan fingerprint density at radius 2 is 1.83 bits per heavy atom. The van der Waals surface area contributed by atoms with Crippen molar-refractivity contribution in [3.8, 4) is 11.5 Å². The molecule has 0 atom stereocenters. The number of hydrogen-bond acceptors (Lipinski definition) is 7. The summed E-state index contributed by atoms with van der Waals surface area (Å²) < 4.78 is 10.8. The molecule has 3 rings (SSSR count). The van der Waals surface area contributed by atoms with Gasteiger partial charge in [-0.05, 0) is 36.8 Å². The van der Waals surface area contributed by atoms with Crippen LogP contribution < -0.4 is 25.4 Å². The maximum absolute atomic E-state index is 12.1. The third-order valence-corrected chi connectivity index (χ3v) is 4.24. The Morgan fingerprint density at radius 3 is 2.55 bits per heavy atom. The summed E-state index contributed by atoms with van der Waals surface area (Å²) >= 11 is 0. The fourth-order valence-corrected chi connectivity index (χ4v) is 2.91. The van der Waals surface area contributed by atoms with E-state index in [1.165, 1.54) is 0 Å². The summed E-state index contributed by atoms with van der Waals surface area (Å²) in [5.74, 6) is 2.07. The molecular formula is C21H23N5O3. The Bertz CT molecular complexity index is 1020. The van der Waals surface area contributed by atoms with Crippen LogP contribution in [0.1, 0.15) is 15.9 Å². The maximum atomic E-state index is 12.1. The van der Waals surface area contributed by atoms with Gasteiger partial charge in [-0.1, -0.05) is 12.1 Å². The van der Waals surface area contributed by atoms with Crippen LogP contribution in [0, 0.1) is 6.92 Å². The molecule has 0 saturated carbocycles. The summed E-state index contributed by atoms with van der Waals surface area (Å²) in [6.45, 7) is 1.93. The molecule has 0 aliphatic carbocycles. The minimum absolute atomic E-state index is 0.179. The lowest BCUT2D eigenvalue weighted by atomic mass is 10.1. The van der Waals surface area contributed by atoms with E-state index < -0.39 is 0 Å². The zero-order valence-corrected chi connectivity index (χ0v) is 16.7. The number of para-hydroxylation sites is 1. The molecule has 1 aromatic heterocycles. The molecule has 0 aliphatic heterocycles. The number of amides is 1. The van der Waals surface area contributed by atoms with Crippen LogP contribution in [-0.4, -0.2) is 37.1 Å². The quantitative estimate of drug-likeness (QED) is 0.564. The van der Waals surface area contributed by atoms with Crippen molar-refractivity contribution in [3.63, 3.8) is 0 Å². The zero-order valence-electron chi connectivity index (χ0n) is 16.7. The second-order valence-electron chi connectivity index (χ2n) is 6.17. The van der Waals surface area contributed by atoms with Gasteiger partial charge in [0, 0.05) is 25.0 Å². The molecule has 8 heteroatoms. The number of carbonyl (C=O) groups is 1. The topological polar surface area (TPSA) is 97.4 Å². The van der Waals surface area contributed by atoms with Gasteiger partial charge in [0.1, 0.15) is 5.82 Å². The number of rotatable bonds is 7. The first-order chi connectivity index (χ1) is 14.0. The second-order valence-corrected chi connectivity index (χ2v) is 6.17. The fourth-order valence-electron chi connectivity index (χ4n) is 2.91. The van der Waals surface area contributed by atoms with Crippen molar-refractivity contribution in [1.82, 2.24) is 15.3 Å². The minimum Gasteiger partial charge on any atom is -0.493 e. The Kier molecular flexibility index (Phi) is 6.13. The molecule has 2 aromatic carbocycles. The molecule has 0 radical (unpaired) electrons. The number of ether oxygens (including phenoxy) is 2. The first kappa shape index (κ1) is 19.9. The number of nitrogens with zero attached hydrogens (tertiary/aromatic N) is 2. The molecule has 1 heterocycles. The molecule has 29 heavy (non-hydrogen) atoms. The van der Waals surface area contributed by atoms with Crippen LogP contribution in [0.15, 0.2) is 48.7 Å². The summed E-state index contributed by atoms with van der Waals surface area (Å²) in [6.07, 6.45) is 1.63. The summed E-state index contributed by atoms with van der Waals surface area (Å²) in [5.41, 5.74) is 2.86. The first-order valence-corrected chi connectivity index (χ1v) is 8.96. The highest BCUT2D eigenvalue weighted by molar-refractivity contribution is 6.00. The molecule has 8 nitrogen and oxygen atoms in total. The van der Waals surface area contributed by atoms with Crippen molar-refractivity contribution in [2.45, 2.75) is 6.92 Å².